The van der Waals surface area contributed by atoms with Gasteiger partial charge in [-0.15, -0.1) is 0 Å². The van der Waals surface area contributed by atoms with Gasteiger partial charge in [-0.25, -0.2) is 4.98 Å². The molecule has 1 heterocycles. The van der Waals surface area contributed by atoms with E-state index in [9.17, 15) is 9.59 Å². The maximum Gasteiger partial charge on any atom is 0.325 e. The summed E-state index contributed by atoms with van der Waals surface area (Å²) in [5, 5.41) is 3.42. The highest BCUT2D eigenvalue weighted by molar-refractivity contribution is 5.96. The number of aromatic nitrogens is 1. The number of esters is 1. The number of para-hydroxylation sites is 1. The Kier molecular flexibility index (Phi) is 4.44. The van der Waals surface area contributed by atoms with Gasteiger partial charge in [-0.2, -0.15) is 0 Å². The highest BCUT2D eigenvalue weighted by Gasteiger charge is 2.10. The monoisotopic (exact) mass is 270 g/mol. The van der Waals surface area contributed by atoms with Gasteiger partial charge in [-0.1, -0.05) is 36.9 Å². The molecule has 5 heteroatoms. The van der Waals surface area contributed by atoms with Gasteiger partial charge in [0.05, 0.1) is 5.52 Å². The fraction of sp³-hybridized carbons (Fsp3) is 0.133. The summed E-state index contributed by atoms with van der Waals surface area (Å²) in [5.41, 5.74) is 0.995. The van der Waals surface area contributed by atoms with Gasteiger partial charge < -0.3 is 10.1 Å². The van der Waals surface area contributed by atoms with Gasteiger partial charge in [0.1, 0.15) is 18.8 Å². The molecule has 5 nitrogen and oxygen atoms in total. The van der Waals surface area contributed by atoms with E-state index in [4.69, 9.17) is 4.74 Å². The SMILES string of the molecule is C=CCOC(=O)CNC(=O)c1ccc2ccccc2n1. The number of hydrogen-bond acceptors (Lipinski definition) is 4. The van der Waals surface area contributed by atoms with Gasteiger partial charge in [-0.05, 0) is 12.1 Å². The van der Waals surface area contributed by atoms with Gasteiger partial charge in [0.25, 0.3) is 5.91 Å². The van der Waals surface area contributed by atoms with Crippen LogP contribution in [0.2, 0.25) is 0 Å². The molecule has 2 aromatic rings. The lowest BCUT2D eigenvalue weighted by molar-refractivity contribution is -0.141. The third-order valence-electron chi connectivity index (χ3n) is 2.59. The van der Waals surface area contributed by atoms with Crippen molar-refractivity contribution in [3.8, 4) is 0 Å². The van der Waals surface area contributed by atoms with Crippen LogP contribution >= 0.6 is 0 Å². The fourth-order valence-corrected chi connectivity index (χ4v) is 1.64. The second kappa shape index (κ2) is 6.47. The first-order chi connectivity index (χ1) is 9.70. The predicted molar refractivity (Wildman–Crippen MR) is 75.2 cm³/mol. The number of amides is 1. The Labute approximate surface area is 116 Å². The van der Waals surface area contributed by atoms with Crippen LogP contribution in [0, 0.1) is 0 Å². The molecule has 0 saturated carbocycles. The van der Waals surface area contributed by atoms with Crippen LogP contribution in [-0.4, -0.2) is 30.0 Å². The maximum absolute atomic E-state index is 11.9. The summed E-state index contributed by atoms with van der Waals surface area (Å²) in [5.74, 6) is -0.926. The molecule has 0 saturated heterocycles. The zero-order valence-corrected chi connectivity index (χ0v) is 10.8. The van der Waals surface area contributed by atoms with Crippen molar-refractivity contribution in [1.29, 1.82) is 0 Å². The van der Waals surface area contributed by atoms with Crippen molar-refractivity contribution >= 4 is 22.8 Å². The van der Waals surface area contributed by atoms with Crippen molar-refractivity contribution < 1.29 is 14.3 Å². The highest BCUT2D eigenvalue weighted by Crippen LogP contribution is 2.11. The smallest absolute Gasteiger partial charge is 0.325 e. The molecule has 0 aliphatic rings. The van der Waals surface area contributed by atoms with Crippen molar-refractivity contribution in [2.45, 2.75) is 0 Å². The molecule has 1 amide bonds. The number of nitrogens with zero attached hydrogens (tertiary/aromatic N) is 1. The topological polar surface area (TPSA) is 68.3 Å². The summed E-state index contributed by atoms with van der Waals surface area (Å²) in [4.78, 5) is 27.3. The van der Waals surface area contributed by atoms with Crippen molar-refractivity contribution in [1.82, 2.24) is 10.3 Å². The van der Waals surface area contributed by atoms with Gasteiger partial charge in [-0.3, -0.25) is 9.59 Å². The molecular weight excluding hydrogens is 256 g/mol. The van der Waals surface area contributed by atoms with Crippen LogP contribution in [0.25, 0.3) is 10.9 Å². The Morgan fingerprint density at radius 3 is 2.85 bits per heavy atom. The Bertz CT molecular complexity index is 652. The second-order valence-corrected chi connectivity index (χ2v) is 4.04. The van der Waals surface area contributed by atoms with Crippen LogP contribution in [0.15, 0.2) is 49.1 Å². The van der Waals surface area contributed by atoms with Gasteiger partial charge in [0, 0.05) is 5.39 Å². The number of fused-ring (bicyclic) bond motifs is 1. The molecule has 1 N–H and O–H groups in total. The van der Waals surface area contributed by atoms with Crippen LogP contribution in [0.5, 0.6) is 0 Å². The average Bonchev–Trinajstić information content (AvgIpc) is 2.50. The number of ether oxygens (including phenoxy) is 1. The number of pyridine rings is 1. The largest absolute Gasteiger partial charge is 0.460 e. The molecule has 0 bridgehead atoms. The van der Waals surface area contributed by atoms with E-state index in [1.807, 2.05) is 30.3 Å². The molecule has 0 spiro atoms. The van der Waals surface area contributed by atoms with E-state index < -0.39 is 11.9 Å². The van der Waals surface area contributed by atoms with Crippen molar-refractivity contribution in [3.05, 3.63) is 54.7 Å². The number of benzene rings is 1. The quantitative estimate of drug-likeness (QED) is 0.663. The van der Waals surface area contributed by atoms with Gasteiger partial charge in [0.15, 0.2) is 0 Å². The molecule has 102 valence electrons. The van der Waals surface area contributed by atoms with Gasteiger partial charge >= 0.3 is 5.97 Å². The predicted octanol–water partition coefficient (Wildman–Crippen LogP) is 1.69. The minimum absolute atomic E-state index is 0.128. The summed E-state index contributed by atoms with van der Waals surface area (Å²) in [7, 11) is 0. The zero-order chi connectivity index (χ0) is 14.4. The van der Waals surface area contributed by atoms with E-state index in [0.29, 0.717) is 0 Å². The van der Waals surface area contributed by atoms with E-state index in [-0.39, 0.29) is 18.8 Å². The molecule has 20 heavy (non-hydrogen) atoms. The summed E-state index contributed by atoms with van der Waals surface area (Å²) >= 11 is 0. The molecule has 1 aromatic heterocycles. The first-order valence-electron chi connectivity index (χ1n) is 6.11. The van der Waals surface area contributed by atoms with Crippen LogP contribution in [0.4, 0.5) is 0 Å². The average molecular weight is 270 g/mol. The standard InChI is InChI=1S/C15H14N2O3/c1-2-9-20-14(18)10-16-15(19)13-8-7-11-5-3-4-6-12(11)17-13/h2-8H,1,9-10H2,(H,16,19). The summed E-state index contributed by atoms with van der Waals surface area (Å²) in [6.07, 6.45) is 1.46. The van der Waals surface area contributed by atoms with Crippen LogP contribution < -0.4 is 5.32 Å². The van der Waals surface area contributed by atoms with Crippen molar-refractivity contribution in [3.63, 3.8) is 0 Å². The number of rotatable bonds is 5. The molecule has 2 rings (SSSR count). The summed E-state index contributed by atoms with van der Waals surface area (Å²) < 4.78 is 4.76. The molecule has 0 unspecified atom stereocenters. The Hall–Kier alpha value is -2.69. The Morgan fingerprint density at radius 1 is 1.25 bits per heavy atom. The maximum atomic E-state index is 11.9. The molecule has 0 aliphatic carbocycles. The van der Waals surface area contributed by atoms with E-state index in [1.165, 1.54) is 6.08 Å². The third kappa shape index (κ3) is 3.41. The zero-order valence-electron chi connectivity index (χ0n) is 10.8. The third-order valence-corrected chi connectivity index (χ3v) is 2.59. The van der Waals surface area contributed by atoms with Crippen LogP contribution in [-0.2, 0) is 9.53 Å². The lowest BCUT2D eigenvalue weighted by Crippen LogP contribution is -2.31. The first-order valence-corrected chi connectivity index (χ1v) is 6.11. The molecule has 0 atom stereocenters. The molecule has 0 radical (unpaired) electrons. The minimum Gasteiger partial charge on any atom is -0.460 e. The summed E-state index contributed by atoms with van der Waals surface area (Å²) in [6, 6.07) is 10.9. The number of carbonyl (C=O) groups excluding carboxylic acids is 2. The van der Waals surface area contributed by atoms with Crippen molar-refractivity contribution in [2.24, 2.45) is 0 Å². The van der Waals surface area contributed by atoms with E-state index in [0.717, 1.165) is 10.9 Å². The lowest BCUT2D eigenvalue weighted by Gasteiger charge is -2.05. The number of nitrogens with one attached hydrogen (secondary N) is 1. The van der Waals surface area contributed by atoms with E-state index in [1.54, 1.807) is 6.07 Å². The number of hydrogen-bond donors (Lipinski definition) is 1. The van der Waals surface area contributed by atoms with Crippen LogP contribution in [0.1, 0.15) is 10.5 Å². The van der Waals surface area contributed by atoms with E-state index >= 15 is 0 Å². The van der Waals surface area contributed by atoms with Crippen molar-refractivity contribution in [2.75, 3.05) is 13.2 Å². The van der Waals surface area contributed by atoms with Crippen LogP contribution in [0.3, 0.4) is 0 Å². The normalized spacial score (nSPS) is 10.0. The number of carbonyl (C=O) groups is 2. The highest BCUT2D eigenvalue weighted by atomic mass is 16.5. The minimum atomic E-state index is -0.515. The molecule has 0 fully saturated rings. The summed E-state index contributed by atoms with van der Waals surface area (Å²) in [6.45, 7) is 3.36. The molecule has 0 aliphatic heterocycles. The second-order valence-electron chi connectivity index (χ2n) is 4.04. The Balaban J connectivity index is 2.00. The molecular formula is C15H14N2O3. The molecule has 1 aromatic carbocycles. The lowest BCUT2D eigenvalue weighted by atomic mass is 10.2. The Morgan fingerprint density at radius 2 is 2.05 bits per heavy atom. The van der Waals surface area contributed by atoms with Gasteiger partial charge in [0.2, 0.25) is 0 Å². The fourth-order valence-electron chi connectivity index (χ4n) is 1.64. The first kappa shape index (κ1) is 13.7. The van der Waals surface area contributed by atoms with E-state index in [2.05, 4.69) is 16.9 Å².